The number of nitrogens with one attached hydrogen (secondary N) is 4. The molecular weight excluding hydrogens is 1520 g/mol. The van der Waals surface area contributed by atoms with Crippen LogP contribution in [-0.2, 0) is 5.41 Å². The van der Waals surface area contributed by atoms with E-state index in [9.17, 15) is 19.2 Å². The molecule has 672 valence electrons. The molecule has 1 aliphatic heterocycles. The second-order valence-electron chi connectivity index (χ2n) is 37.1. The zero-order valence-electron chi connectivity index (χ0n) is 79.0. The number of aryl methyl sites for hydroxylation is 4. The van der Waals surface area contributed by atoms with E-state index in [1.165, 1.54) is 193 Å². The van der Waals surface area contributed by atoms with Crippen LogP contribution < -0.4 is 35.5 Å². The van der Waals surface area contributed by atoms with Crippen LogP contribution in [0, 0.1) is 27.7 Å². The van der Waals surface area contributed by atoms with Gasteiger partial charge in [0, 0.05) is 69.1 Å². The zero-order chi connectivity index (χ0) is 88.5. The van der Waals surface area contributed by atoms with Crippen molar-refractivity contribution in [2.24, 2.45) is 0 Å². The lowest BCUT2D eigenvalue weighted by Crippen LogP contribution is -2.46. The molecule has 0 bridgehead atoms. The Morgan fingerprint density at radius 1 is 0.309 bits per heavy atom. The van der Waals surface area contributed by atoms with Crippen molar-refractivity contribution < 1.29 is 38.2 Å². The van der Waals surface area contributed by atoms with Crippen LogP contribution in [-0.4, -0.2) is 67.3 Å². The lowest BCUT2D eigenvalue weighted by atomic mass is 9.66. The number of nitrogens with zero attached hydrogens (tertiary/aromatic N) is 1. The molecule has 1 heterocycles. The second kappa shape index (κ2) is 53.6. The van der Waals surface area contributed by atoms with Gasteiger partial charge in [-0.25, -0.2) is 0 Å². The van der Waals surface area contributed by atoms with E-state index in [0.717, 1.165) is 106 Å². The van der Waals surface area contributed by atoms with E-state index in [0.29, 0.717) is 102 Å². The number of hydrogen-bond donors (Lipinski definition) is 4. The summed E-state index contributed by atoms with van der Waals surface area (Å²) in [5, 5.41) is 13.0. The Labute approximate surface area is 744 Å². The van der Waals surface area contributed by atoms with Gasteiger partial charge in [-0.1, -0.05) is 361 Å². The lowest BCUT2D eigenvalue weighted by molar-refractivity contribution is 0.0683. The van der Waals surface area contributed by atoms with Crippen LogP contribution in [0.1, 0.15) is 451 Å². The number of carbonyl (C=O) groups excluding carboxylic acids is 5. The van der Waals surface area contributed by atoms with Crippen molar-refractivity contribution in [3.8, 4) is 17.2 Å². The first-order valence-corrected chi connectivity index (χ1v) is 48.8. The fraction of sp³-hybridized carbons (Fsp3) is 0.573. The van der Waals surface area contributed by atoms with Crippen LogP contribution in [0.25, 0.3) is 0 Å². The average Bonchev–Trinajstić information content (AvgIpc) is 0.742. The topological polar surface area (TPSA) is 164 Å². The molecule has 5 amide bonds. The summed E-state index contributed by atoms with van der Waals surface area (Å²) in [6.45, 7) is 34.4. The largest absolute Gasteiger partial charge is 0.490 e. The Kier molecular flexibility index (Phi) is 43.4. The zero-order valence-corrected chi connectivity index (χ0v) is 79.0. The molecule has 13 heteroatoms. The number of carbonyl (C=O) groups is 5. The molecule has 1 fully saturated rings. The van der Waals surface area contributed by atoms with Gasteiger partial charge in [-0.3, -0.25) is 24.0 Å². The van der Waals surface area contributed by atoms with Crippen LogP contribution in [0.4, 0.5) is 22.7 Å². The van der Waals surface area contributed by atoms with Crippen molar-refractivity contribution >= 4 is 52.3 Å². The molecular formula is C110H159N5O8. The quantitative estimate of drug-likeness (QED) is 0.0274. The van der Waals surface area contributed by atoms with Gasteiger partial charge in [0.25, 0.3) is 29.5 Å². The number of piperidine rings is 1. The summed E-state index contributed by atoms with van der Waals surface area (Å²) in [4.78, 5) is 75.5. The van der Waals surface area contributed by atoms with Crippen molar-refractivity contribution in [3.63, 3.8) is 0 Å². The summed E-state index contributed by atoms with van der Waals surface area (Å²) in [5.41, 5.74) is 14.1. The van der Waals surface area contributed by atoms with Gasteiger partial charge in [-0.15, -0.1) is 0 Å². The molecule has 0 radical (unpaired) electrons. The van der Waals surface area contributed by atoms with E-state index in [-0.39, 0.29) is 53.2 Å². The first-order chi connectivity index (χ1) is 59.5. The van der Waals surface area contributed by atoms with Gasteiger partial charge in [0.1, 0.15) is 0 Å². The molecule has 7 aromatic rings. The highest BCUT2D eigenvalue weighted by Crippen LogP contribution is 2.47. The molecule has 7 aromatic carbocycles. The van der Waals surface area contributed by atoms with Gasteiger partial charge >= 0.3 is 0 Å². The molecule has 0 aliphatic carbocycles. The van der Waals surface area contributed by atoms with Crippen LogP contribution in [0.5, 0.6) is 17.2 Å². The number of rotatable bonds is 57. The highest BCUT2D eigenvalue weighted by Gasteiger charge is 2.41. The predicted molar refractivity (Wildman–Crippen MR) is 518 cm³/mol. The van der Waals surface area contributed by atoms with Crippen molar-refractivity contribution in [2.45, 2.75) is 377 Å². The Morgan fingerprint density at radius 3 is 0.821 bits per heavy atom. The Morgan fingerprint density at radius 2 is 0.553 bits per heavy atom. The van der Waals surface area contributed by atoms with Crippen LogP contribution in [0.15, 0.2) is 121 Å². The van der Waals surface area contributed by atoms with E-state index in [1.807, 2.05) is 56.9 Å². The van der Waals surface area contributed by atoms with Crippen LogP contribution >= 0.6 is 0 Å². The highest BCUT2D eigenvalue weighted by atomic mass is 16.5. The molecule has 0 unspecified atom stereocenters. The van der Waals surface area contributed by atoms with Gasteiger partial charge in [0.15, 0.2) is 11.5 Å². The number of ether oxygens (including phenoxy) is 3. The van der Waals surface area contributed by atoms with Gasteiger partial charge in [-0.05, 0) is 188 Å². The second-order valence-corrected chi connectivity index (χ2v) is 37.1. The maximum absolute atomic E-state index is 15.8. The molecule has 0 aromatic heterocycles. The molecule has 0 spiro atoms. The standard InChI is InChI=1S/C110H159N5O8/c1-16-19-22-25-28-31-34-37-40-43-46-49-68-121-98-77-91(78-99(122-69-50-47-44-41-38-35-32-29-26-23-20-17-2)104(98)123-70-51-48-45-42-39-36-33-30-27-24-21-18-3)109(120)115-66-64-110(65-67-115,92-71-83(12)100(84(13)72-92)111-105(116)87-56-52-58-89(75-87)107(118)113-102-94(79(4)5)60-54-61-95(102)80(6)7)93-73-85(14)101(86(15)74-93)112-106(117)88-57-53-59-90(76-88)108(119)114-103-96(81(8)9)62-55-63-97(103)82(10)11/h52-63,71-82H,16-51,64-70H2,1-15H3,(H,111,116)(H,112,117)(H,113,118)(H,114,119). The fourth-order valence-electron chi connectivity index (χ4n) is 18.1. The molecule has 1 saturated heterocycles. The number of hydrogen-bond acceptors (Lipinski definition) is 8. The Bertz CT molecular complexity index is 4060. The average molecular weight is 1680 g/mol. The van der Waals surface area contributed by atoms with E-state index < -0.39 is 5.41 Å². The number of amides is 5. The number of para-hydroxylation sites is 2. The summed E-state index contributed by atoms with van der Waals surface area (Å²) in [6.07, 6.45) is 46.1. The summed E-state index contributed by atoms with van der Waals surface area (Å²) in [7, 11) is 0. The fourth-order valence-corrected chi connectivity index (χ4v) is 18.1. The summed E-state index contributed by atoms with van der Waals surface area (Å²) < 4.78 is 20.7. The highest BCUT2D eigenvalue weighted by molar-refractivity contribution is 6.11. The first-order valence-electron chi connectivity index (χ1n) is 48.8. The molecule has 123 heavy (non-hydrogen) atoms. The van der Waals surface area contributed by atoms with Crippen molar-refractivity contribution in [2.75, 3.05) is 54.2 Å². The smallest absolute Gasteiger partial charge is 0.255 e. The monoisotopic (exact) mass is 1680 g/mol. The molecule has 8 rings (SSSR count). The van der Waals surface area contributed by atoms with Gasteiger partial charge in [0.05, 0.1) is 19.8 Å². The Hall–Kier alpha value is -8.71. The third kappa shape index (κ3) is 31.1. The lowest BCUT2D eigenvalue weighted by Gasteiger charge is -2.44. The number of unbranched alkanes of at least 4 members (excludes halogenated alkanes) is 33. The minimum absolute atomic E-state index is 0.0955. The van der Waals surface area contributed by atoms with E-state index >= 15 is 4.79 Å². The third-order valence-electron chi connectivity index (χ3n) is 25.6. The molecule has 13 nitrogen and oxygen atoms in total. The minimum atomic E-state index is -0.653. The Balaban J connectivity index is 1.09. The number of likely N-dealkylation sites (tertiary alicyclic amines) is 1. The number of benzene rings is 7. The normalized spacial score (nSPS) is 12.7. The third-order valence-corrected chi connectivity index (χ3v) is 25.6. The van der Waals surface area contributed by atoms with Crippen LogP contribution in [0.2, 0.25) is 0 Å². The maximum atomic E-state index is 15.8. The minimum Gasteiger partial charge on any atom is -0.490 e. The first kappa shape index (κ1) is 99.7. The maximum Gasteiger partial charge on any atom is 0.255 e. The summed E-state index contributed by atoms with van der Waals surface area (Å²) >= 11 is 0. The molecule has 1 aliphatic rings. The van der Waals surface area contributed by atoms with E-state index in [2.05, 4.69) is 146 Å². The van der Waals surface area contributed by atoms with Crippen molar-refractivity contribution in [3.05, 3.63) is 205 Å². The van der Waals surface area contributed by atoms with Crippen molar-refractivity contribution in [1.82, 2.24) is 4.90 Å². The van der Waals surface area contributed by atoms with Crippen molar-refractivity contribution in [1.29, 1.82) is 0 Å². The van der Waals surface area contributed by atoms with Gasteiger partial charge < -0.3 is 40.4 Å². The van der Waals surface area contributed by atoms with Crippen LogP contribution in [0.3, 0.4) is 0 Å². The van der Waals surface area contributed by atoms with Gasteiger partial charge in [-0.2, -0.15) is 0 Å². The van der Waals surface area contributed by atoms with E-state index in [1.54, 1.807) is 48.5 Å². The molecule has 0 saturated carbocycles. The summed E-state index contributed by atoms with van der Waals surface area (Å²) in [5.74, 6) is 1.12. The predicted octanol–water partition coefficient (Wildman–Crippen LogP) is 30.9. The molecule has 0 atom stereocenters. The molecule has 4 N–H and O–H groups in total. The summed E-state index contributed by atoms with van der Waals surface area (Å²) in [6, 6.07) is 38.8. The SMILES string of the molecule is CCCCCCCCCCCCCCOc1cc(C(=O)N2CCC(c3cc(C)c(NC(=O)c4cccc(C(=O)Nc5c(C(C)C)cccc5C(C)C)c4)c(C)c3)(c3cc(C)c(NC(=O)c4cccc(C(=O)Nc5c(C(C)C)cccc5C(C)C)c4)c(C)c3)CC2)cc(OCCCCCCCCCCCCCC)c1OCCCCCCCCCCCCCC. The van der Waals surface area contributed by atoms with E-state index in [4.69, 9.17) is 14.2 Å². The number of anilines is 4. The van der Waals surface area contributed by atoms with Gasteiger partial charge in [0.2, 0.25) is 5.75 Å².